The van der Waals surface area contributed by atoms with Gasteiger partial charge in [0.2, 0.25) is 0 Å². The number of furan rings is 1. The number of nitro groups is 1. The molecule has 7 nitrogen and oxygen atoms in total. The molecule has 1 aromatic heterocycles. The highest BCUT2D eigenvalue weighted by Gasteiger charge is 2.04. The third-order valence-electron chi connectivity index (χ3n) is 2.81. The zero-order valence-corrected chi connectivity index (χ0v) is 14.9. The largest absolute Gasteiger partial charge is 0.464 e. The van der Waals surface area contributed by atoms with Gasteiger partial charge in [0.15, 0.2) is 5.82 Å². The molecule has 0 aliphatic carbocycles. The van der Waals surface area contributed by atoms with Crippen molar-refractivity contribution in [3.8, 4) is 12.3 Å². The zero-order chi connectivity index (χ0) is 17.8. The molecule has 2 N–H and O–H groups in total. The van der Waals surface area contributed by atoms with Gasteiger partial charge in [-0.3, -0.25) is 10.1 Å². The summed E-state index contributed by atoms with van der Waals surface area (Å²) >= 11 is 1.70. The Morgan fingerprint density at radius 1 is 1.42 bits per heavy atom. The smallest absolute Gasteiger partial charge is 0.274 e. The number of nitrogens with one attached hydrogen (secondary N) is 2. The number of hydrogen-bond donors (Lipinski definition) is 2. The van der Waals surface area contributed by atoms with Gasteiger partial charge in [0.25, 0.3) is 6.20 Å². The van der Waals surface area contributed by atoms with Crippen LogP contribution in [0.1, 0.15) is 17.9 Å². The zero-order valence-electron chi connectivity index (χ0n) is 14.1. The Morgan fingerprint density at radius 2 is 2.12 bits per heavy atom. The van der Waals surface area contributed by atoms with Gasteiger partial charge in [0, 0.05) is 25.3 Å². The Labute approximate surface area is 147 Å². The van der Waals surface area contributed by atoms with Crippen LogP contribution in [-0.2, 0) is 12.3 Å². The fraction of sp³-hybridized carbons (Fsp3) is 0.500. The predicted molar refractivity (Wildman–Crippen MR) is 96.8 cm³/mol. The molecule has 1 aromatic rings. The molecule has 0 aromatic carbocycles. The van der Waals surface area contributed by atoms with Crippen molar-refractivity contribution in [3.63, 3.8) is 0 Å². The van der Waals surface area contributed by atoms with Crippen LogP contribution in [0.25, 0.3) is 0 Å². The van der Waals surface area contributed by atoms with Gasteiger partial charge >= 0.3 is 0 Å². The third kappa shape index (κ3) is 9.12. The van der Waals surface area contributed by atoms with E-state index in [1.165, 1.54) is 0 Å². The molecule has 0 atom stereocenters. The van der Waals surface area contributed by atoms with Crippen LogP contribution in [0.5, 0.6) is 0 Å². The summed E-state index contributed by atoms with van der Waals surface area (Å²) in [5.41, 5.74) is 0. The van der Waals surface area contributed by atoms with Crippen molar-refractivity contribution >= 4 is 11.8 Å². The minimum absolute atomic E-state index is 0.377. The molecule has 0 radical (unpaired) electrons. The molecule has 8 heteroatoms. The molecule has 0 amide bonds. The van der Waals surface area contributed by atoms with Crippen LogP contribution in [0.2, 0.25) is 0 Å². The summed E-state index contributed by atoms with van der Waals surface area (Å²) in [6.45, 7) is 1.89. The van der Waals surface area contributed by atoms with Gasteiger partial charge in [0.1, 0.15) is 11.5 Å². The lowest BCUT2D eigenvalue weighted by Gasteiger charge is -2.10. The number of rotatable bonds is 12. The van der Waals surface area contributed by atoms with Crippen LogP contribution in [0, 0.1) is 22.5 Å². The summed E-state index contributed by atoms with van der Waals surface area (Å²) < 4.78 is 5.73. The van der Waals surface area contributed by atoms with Crippen molar-refractivity contribution in [2.75, 3.05) is 32.9 Å². The van der Waals surface area contributed by atoms with Crippen molar-refractivity contribution in [2.24, 2.45) is 0 Å². The molecule has 0 unspecified atom stereocenters. The van der Waals surface area contributed by atoms with E-state index in [1.807, 2.05) is 26.2 Å². The Balaban J connectivity index is 2.26. The van der Waals surface area contributed by atoms with E-state index in [0.717, 1.165) is 35.8 Å². The monoisotopic (exact) mass is 352 g/mol. The van der Waals surface area contributed by atoms with Gasteiger partial charge in [-0.15, -0.1) is 12.3 Å². The van der Waals surface area contributed by atoms with E-state index in [2.05, 4.69) is 21.5 Å². The summed E-state index contributed by atoms with van der Waals surface area (Å²) in [6, 6.07) is 3.97. The van der Waals surface area contributed by atoms with E-state index < -0.39 is 4.92 Å². The lowest BCUT2D eigenvalue weighted by atomic mass is 10.4. The van der Waals surface area contributed by atoms with E-state index in [-0.39, 0.29) is 0 Å². The van der Waals surface area contributed by atoms with Gasteiger partial charge in [0.05, 0.1) is 17.2 Å². The van der Waals surface area contributed by atoms with Gasteiger partial charge in [-0.1, -0.05) is 0 Å². The molecular formula is C16H24N4O3S. The lowest BCUT2D eigenvalue weighted by Crippen LogP contribution is -2.29. The van der Waals surface area contributed by atoms with Gasteiger partial charge in [-0.2, -0.15) is 11.8 Å². The molecule has 0 spiro atoms. The topological polar surface area (TPSA) is 83.6 Å². The quantitative estimate of drug-likeness (QED) is 0.257. The maximum Gasteiger partial charge on any atom is 0.274 e. The predicted octanol–water partition coefficient (Wildman–Crippen LogP) is 1.85. The van der Waals surface area contributed by atoms with E-state index in [0.29, 0.717) is 25.3 Å². The average molecular weight is 352 g/mol. The van der Waals surface area contributed by atoms with Crippen molar-refractivity contribution in [2.45, 2.75) is 18.7 Å². The SMILES string of the molecule is C#CCCNC(=C[N+](=O)[O-])NCCSCc1ccc(CN(C)C)o1. The van der Waals surface area contributed by atoms with Gasteiger partial charge in [-0.05, 0) is 26.2 Å². The van der Waals surface area contributed by atoms with E-state index in [9.17, 15) is 10.1 Å². The average Bonchev–Trinajstić information content (AvgIpc) is 2.93. The third-order valence-corrected chi connectivity index (χ3v) is 3.80. The molecule has 0 saturated heterocycles. The normalized spacial score (nSPS) is 11.3. The van der Waals surface area contributed by atoms with E-state index >= 15 is 0 Å². The van der Waals surface area contributed by atoms with Crippen LogP contribution in [0.15, 0.2) is 28.6 Å². The Bertz CT molecular complexity index is 578. The molecule has 1 rings (SSSR count). The van der Waals surface area contributed by atoms with Gasteiger partial charge in [-0.25, -0.2) is 0 Å². The molecule has 0 saturated carbocycles. The number of hydrogen-bond acceptors (Lipinski definition) is 7. The van der Waals surface area contributed by atoms with Gasteiger partial charge < -0.3 is 20.0 Å². The van der Waals surface area contributed by atoms with Crippen molar-refractivity contribution in [1.82, 2.24) is 15.5 Å². The molecule has 132 valence electrons. The first kappa shape index (κ1) is 19.9. The van der Waals surface area contributed by atoms with Crippen molar-refractivity contribution < 1.29 is 9.34 Å². The number of nitrogens with zero attached hydrogens (tertiary/aromatic N) is 2. The minimum Gasteiger partial charge on any atom is -0.464 e. The summed E-state index contributed by atoms with van der Waals surface area (Å²) in [7, 11) is 3.99. The Hall–Kier alpha value is -2.11. The van der Waals surface area contributed by atoms with E-state index in [4.69, 9.17) is 10.8 Å². The van der Waals surface area contributed by atoms with E-state index in [1.54, 1.807) is 11.8 Å². The molecule has 1 heterocycles. The summed E-state index contributed by atoms with van der Waals surface area (Å²) in [5.74, 6) is 6.31. The standard InChI is InChI=1S/C16H24N4O3S/c1-4-5-8-17-16(12-20(21)22)18-9-10-24-13-15-7-6-14(23-15)11-19(2)3/h1,6-7,12,17-18H,5,8-11,13H2,2-3H3. The second-order valence-corrected chi connectivity index (χ2v) is 6.40. The highest BCUT2D eigenvalue weighted by molar-refractivity contribution is 7.98. The minimum atomic E-state index is -0.493. The second-order valence-electron chi connectivity index (χ2n) is 5.29. The number of thioether (sulfide) groups is 1. The fourth-order valence-electron chi connectivity index (χ4n) is 1.86. The first-order chi connectivity index (χ1) is 11.5. The van der Waals surface area contributed by atoms with Crippen LogP contribution in [0.3, 0.4) is 0 Å². The molecule has 0 aliphatic heterocycles. The Kier molecular flexibility index (Phi) is 9.49. The van der Waals surface area contributed by atoms with Crippen LogP contribution >= 0.6 is 11.8 Å². The lowest BCUT2D eigenvalue weighted by molar-refractivity contribution is -0.404. The maximum absolute atomic E-state index is 10.6. The van der Waals surface area contributed by atoms with Crippen LogP contribution < -0.4 is 10.6 Å². The summed E-state index contributed by atoms with van der Waals surface area (Å²) in [6.07, 6.45) is 6.59. The fourth-order valence-corrected chi connectivity index (χ4v) is 2.60. The molecule has 0 aliphatic rings. The Morgan fingerprint density at radius 3 is 2.79 bits per heavy atom. The molecule has 0 bridgehead atoms. The van der Waals surface area contributed by atoms with Crippen LogP contribution in [-0.4, -0.2) is 42.8 Å². The molecule has 0 fully saturated rings. The first-order valence-corrected chi connectivity index (χ1v) is 8.73. The molecular weight excluding hydrogens is 328 g/mol. The van der Waals surface area contributed by atoms with Crippen LogP contribution in [0.4, 0.5) is 0 Å². The summed E-state index contributed by atoms with van der Waals surface area (Å²) in [5, 5.41) is 16.5. The highest BCUT2D eigenvalue weighted by Crippen LogP contribution is 2.15. The maximum atomic E-state index is 10.6. The highest BCUT2D eigenvalue weighted by atomic mass is 32.2. The molecule has 24 heavy (non-hydrogen) atoms. The first-order valence-electron chi connectivity index (χ1n) is 7.58. The van der Waals surface area contributed by atoms with Crippen molar-refractivity contribution in [3.05, 3.63) is 45.8 Å². The summed E-state index contributed by atoms with van der Waals surface area (Å²) in [4.78, 5) is 12.1. The number of terminal acetylenes is 1. The van der Waals surface area contributed by atoms with Crippen molar-refractivity contribution in [1.29, 1.82) is 0 Å². The second kappa shape index (κ2) is 11.4.